The summed E-state index contributed by atoms with van der Waals surface area (Å²) in [5.41, 5.74) is 2.64. The average molecular weight is 299 g/mol. The Labute approximate surface area is 130 Å². The van der Waals surface area contributed by atoms with Gasteiger partial charge in [0, 0.05) is 13.7 Å². The summed E-state index contributed by atoms with van der Waals surface area (Å²) in [5.74, 6) is -0.264. The van der Waals surface area contributed by atoms with E-state index in [1.807, 2.05) is 61.5 Å². The van der Waals surface area contributed by atoms with E-state index in [0.29, 0.717) is 0 Å². The van der Waals surface area contributed by atoms with Crippen molar-refractivity contribution in [1.82, 2.24) is 5.32 Å². The Morgan fingerprint density at radius 3 is 2.45 bits per heavy atom. The summed E-state index contributed by atoms with van der Waals surface area (Å²) in [6, 6.07) is 16.9. The number of carbonyl (C=O) groups excluding carboxylic acids is 1. The molecule has 2 unspecified atom stereocenters. The molecule has 0 saturated carbocycles. The standard InChI is InChI=1S/C18H21NO3/c1-13-7-6-10-15(11-13)16(20)12-19-18(21)17(22-2)14-8-4-3-5-9-14/h3-11,16-17,20H,12H2,1-2H3,(H,19,21). The molecule has 116 valence electrons. The van der Waals surface area contributed by atoms with Gasteiger partial charge in [0.05, 0.1) is 6.10 Å². The third-order valence-electron chi connectivity index (χ3n) is 3.47. The minimum Gasteiger partial charge on any atom is -0.387 e. The van der Waals surface area contributed by atoms with E-state index >= 15 is 0 Å². The van der Waals surface area contributed by atoms with E-state index in [1.165, 1.54) is 7.11 Å². The largest absolute Gasteiger partial charge is 0.387 e. The molecule has 2 rings (SSSR count). The van der Waals surface area contributed by atoms with Gasteiger partial charge in [-0.2, -0.15) is 0 Å². The van der Waals surface area contributed by atoms with Gasteiger partial charge < -0.3 is 15.2 Å². The Bertz CT molecular complexity index is 613. The van der Waals surface area contributed by atoms with Gasteiger partial charge in [-0.15, -0.1) is 0 Å². The van der Waals surface area contributed by atoms with Crippen LogP contribution >= 0.6 is 0 Å². The lowest BCUT2D eigenvalue weighted by Crippen LogP contribution is -2.33. The monoisotopic (exact) mass is 299 g/mol. The third-order valence-corrected chi connectivity index (χ3v) is 3.47. The van der Waals surface area contributed by atoms with Crippen LogP contribution in [0.1, 0.15) is 28.9 Å². The highest BCUT2D eigenvalue weighted by Gasteiger charge is 2.20. The zero-order valence-corrected chi connectivity index (χ0v) is 12.8. The number of benzene rings is 2. The Kier molecular flexibility index (Phi) is 5.69. The highest BCUT2D eigenvalue weighted by molar-refractivity contribution is 5.82. The van der Waals surface area contributed by atoms with Crippen molar-refractivity contribution in [3.8, 4) is 0 Å². The molecule has 4 nitrogen and oxygen atoms in total. The van der Waals surface area contributed by atoms with Crippen LogP contribution in [-0.2, 0) is 9.53 Å². The lowest BCUT2D eigenvalue weighted by Gasteiger charge is -2.18. The predicted molar refractivity (Wildman–Crippen MR) is 85.3 cm³/mol. The van der Waals surface area contributed by atoms with E-state index in [2.05, 4.69) is 5.32 Å². The lowest BCUT2D eigenvalue weighted by atomic mass is 10.1. The van der Waals surface area contributed by atoms with E-state index in [0.717, 1.165) is 16.7 Å². The highest BCUT2D eigenvalue weighted by atomic mass is 16.5. The minimum absolute atomic E-state index is 0.148. The Hall–Kier alpha value is -2.17. The van der Waals surface area contributed by atoms with Crippen molar-refractivity contribution >= 4 is 5.91 Å². The summed E-state index contributed by atoms with van der Waals surface area (Å²) in [6.07, 6.45) is -1.41. The molecule has 4 heteroatoms. The molecular formula is C18H21NO3. The molecule has 0 aliphatic rings. The highest BCUT2D eigenvalue weighted by Crippen LogP contribution is 2.17. The van der Waals surface area contributed by atoms with Crippen LogP contribution < -0.4 is 5.32 Å². The fourth-order valence-corrected chi connectivity index (χ4v) is 2.31. The van der Waals surface area contributed by atoms with Gasteiger partial charge in [-0.3, -0.25) is 4.79 Å². The fourth-order valence-electron chi connectivity index (χ4n) is 2.31. The van der Waals surface area contributed by atoms with E-state index in [4.69, 9.17) is 4.74 Å². The Morgan fingerprint density at radius 1 is 1.14 bits per heavy atom. The van der Waals surface area contributed by atoms with E-state index in [9.17, 15) is 9.90 Å². The predicted octanol–water partition coefficient (Wildman–Crippen LogP) is 2.53. The van der Waals surface area contributed by atoms with Crippen LogP contribution in [0.15, 0.2) is 54.6 Å². The first kappa shape index (κ1) is 16.2. The molecule has 0 fully saturated rings. The van der Waals surface area contributed by atoms with Gasteiger partial charge >= 0.3 is 0 Å². The van der Waals surface area contributed by atoms with Gasteiger partial charge in [-0.1, -0.05) is 60.2 Å². The third kappa shape index (κ3) is 4.16. The smallest absolute Gasteiger partial charge is 0.253 e. The van der Waals surface area contributed by atoms with Crippen molar-refractivity contribution in [2.75, 3.05) is 13.7 Å². The molecular weight excluding hydrogens is 278 g/mol. The number of hydrogen-bond acceptors (Lipinski definition) is 3. The summed E-state index contributed by atoms with van der Waals surface area (Å²) >= 11 is 0. The number of rotatable bonds is 6. The zero-order valence-electron chi connectivity index (χ0n) is 12.8. The van der Waals surface area contributed by atoms with Crippen LogP contribution in [0, 0.1) is 6.92 Å². The second-order valence-electron chi connectivity index (χ2n) is 5.20. The number of aliphatic hydroxyl groups is 1. The molecule has 22 heavy (non-hydrogen) atoms. The molecule has 2 aromatic rings. The van der Waals surface area contributed by atoms with Gasteiger partial charge in [0.1, 0.15) is 0 Å². The van der Waals surface area contributed by atoms with Crippen molar-refractivity contribution in [2.45, 2.75) is 19.1 Å². The van der Waals surface area contributed by atoms with Crippen LogP contribution in [0.3, 0.4) is 0 Å². The number of aliphatic hydroxyl groups excluding tert-OH is 1. The number of nitrogens with one attached hydrogen (secondary N) is 1. The number of carbonyl (C=O) groups is 1. The number of hydrogen-bond donors (Lipinski definition) is 2. The molecule has 0 heterocycles. The molecule has 0 spiro atoms. The molecule has 0 saturated heterocycles. The minimum atomic E-state index is -0.739. The summed E-state index contributed by atoms with van der Waals surface area (Å²) in [4.78, 5) is 12.2. The maximum Gasteiger partial charge on any atom is 0.253 e. The van der Waals surface area contributed by atoms with Crippen molar-refractivity contribution in [3.05, 3.63) is 71.3 Å². The quantitative estimate of drug-likeness (QED) is 0.862. The number of methoxy groups -OCH3 is 1. The first-order chi connectivity index (χ1) is 10.6. The van der Waals surface area contributed by atoms with Gasteiger partial charge in [-0.05, 0) is 18.1 Å². The molecule has 0 radical (unpaired) electrons. The van der Waals surface area contributed by atoms with Gasteiger partial charge in [0.15, 0.2) is 6.10 Å². The van der Waals surface area contributed by atoms with Crippen LogP contribution in [-0.4, -0.2) is 24.7 Å². The normalized spacial score (nSPS) is 13.4. The number of amides is 1. The second kappa shape index (κ2) is 7.73. The summed E-state index contributed by atoms with van der Waals surface area (Å²) < 4.78 is 5.26. The maximum absolute atomic E-state index is 12.2. The van der Waals surface area contributed by atoms with Gasteiger partial charge in [0.2, 0.25) is 0 Å². The zero-order chi connectivity index (χ0) is 15.9. The Morgan fingerprint density at radius 2 is 1.82 bits per heavy atom. The molecule has 0 aromatic heterocycles. The summed E-state index contributed by atoms with van der Waals surface area (Å²) in [5, 5.41) is 12.9. The maximum atomic E-state index is 12.2. The van der Waals surface area contributed by atoms with Crippen molar-refractivity contribution in [3.63, 3.8) is 0 Å². The molecule has 2 aromatic carbocycles. The van der Waals surface area contributed by atoms with E-state index in [1.54, 1.807) is 0 Å². The fraction of sp³-hybridized carbons (Fsp3) is 0.278. The van der Waals surface area contributed by atoms with Crippen LogP contribution in [0.2, 0.25) is 0 Å². The van der Waals surface area contributed by atoms with Gasteiger partial charge in [0.25, 0.3) is 5.91 Å². The molecule has 0 bridgehead atoms. The van der Waals surface area contributed by atoms with Crippen LogP contribution in [0.4, 0.5) is 0 Å². The second-order valence-corrected chi connectivity index (χ2v) is 5.20. The summed E-state index contributed by atoms with van der Waals surface area (Å²) in [6.45, 7) is 2.11. The topological polar surface area (TPSA) is 58.6 Å². The van der Waals surface area contributed by atoms with E-state index < -0.39 is 12.2 Å². The van der Waals surface area contributed by atoms with Crippen molar-refractivity contribution in [2.24, 2.45) is 0 Å². The summed E-state index contributed by atoms with van der Waals surface area (Å²) in [7, 11) is 1.49. The average Bonchev–Trinajstić information content (AvgIpc) is 2.54. The van der Waals surface area contributed by atoms with Crippen LogP contribution in [0.5, 0.6) is 0 Å². The number of ether oxygens (including phenoxy) is 1. The first-order valence-electron chi connectivity index (χ1n) is 7.22. The van der Waals surface area contributed by atoms with Crippen molar-refractivity contribution < 1.29 is 14.6 Å². The number of aryl methyl sites for hydroxylation is 1. The lowest BCUT2D eigenvalue weighted by molar-refractivity contribution is -0.131. The van der Waals surface area contributed by atoms with Crippen molar-refractivity contribution in [1.29, 1.82) is 0 Å². The molecule has 0 aliphatic heterocycles. The van der Waals surface area contributed by atoms with E-state index in [-0.39, 0.29) is 12.5 Å². The molecule has 1 amide bonds. The molecule has 2 N–H and O–H groups in total. The molecule has 0 aliphatic carbocycles. The van der Waals surface area contributed by atoms with Crippen LogP contribution in [0.25, 0.3) is 0 Å². The van der Waals surface area contributed by atoms with Gasteiger partial charge in [-0.25, -0.2) is 0 Å². The Balaban J connectivity index is 1.97. The molecule has 2 atom stereocenters. The first-order valence-corrected chi connectivity index (χ1v) is 7.22. The SMILES string of the molecule is COC(C(=O)NCC(O)c1cccc(C)c1)c1ccccc1.